The average Bonchev–Trinajstić information content (AvgIpc) is 2.36. The van der Waals surface area contributed by atoms with Crippen LogP contribution in [0.4, 0.5) is 0 Å². The van der Waals surface area contributed by atoms with Gasteiger partial charge in [-0.3, -0.25) is 0 Å². The third kappa shape index (κ3) is 2.19. The zero-order chi connectivity index (χ0) is 13.3. The highest BCUT2D eigenvalue weighted by Crippen LogP contribution is 2.29. The van der Waals surface area contributed by atoms with Crippen LogP contribution in [-0.2, 0) is 4.74 Å². The smallest absolute Gasteiger partial charge is 0.341 e. The highest BCUT2D eigenvalue weighted by atomic mass is 35.5. The van der Waals surface area contributed by atoms with Crippen molar-refractivity contribution in [3.8, 4) is 5.75 Å². The second-order valence-corrected chi connectivity index (χ2v) is 4.04. The lowest BCUT2D eigenvalue weighted by atomic mass is 10.1. The Bertz CT molecular complexity index is 631. The molecule has 0 radical (unpaired) electrons. The van der Waals surface area contributed by atoms with Crippen LogP contribution in [0.25, 0.3) is 10.9 Å². The predicted octanol–water partition coefficient (Wildman–Crippen LogP) is 2.73. The number of carbonyl (C=O) groups is 1. The van der Waals surface area contributed by atoms with Crippen LogP contribution in [0, 0.1) is 0 Å². The van der Waals surface area contributed by atoms with E-state index in [-0.39, 0.29) is 16.0 Å². The predicted molar refractivity (Wildman–Crippen MR) is 67.4 cm³/mol. The molecule has 1 heterocycles. The normalized spacial score (nSPS) is 10.4. The van der Waals surface area contributed by atoms with E-state index < -0.39 is 5.97 Å². The SMILES string of the molecule is COC(=O)c1cc2nc(Cl)nc(Cl)c2cc1OC. The van der Waals surface area contributed by atoms with Crippen molar-refractivity contribution in [1.29, 1.82) is 0 Å². The number of hydrogen-bond donors (Lipinski definition) is 0. The number of fused-ring (bicyclic) bond motifs is 1. The number of aromatic nitrogens is 2. The molecule has 2 rings (SSSR count). The molecule has 94 valence electrons. The highest BCUT2D eigenvalue weighted by molar-refractivity contribution is 6.35. The van der Waals surface area contributed by atoms with Crippen LogP contribution in [0.2, 0.25) is 10.4 Å². The molecule has 5 nitrogen and oxygen atoms in total. The van der Waals surface area contributed by atoms with Gasteiger partial charge >= 0.3 is 5.97 Å². The molecule has 0 bridgehead atoms. The first kappa shape index (κ1) is 12.9. The monoisotopic (exact) mass is 286 g/mol. The van der Waals surface area contributed by atoms with Gasteiger partial charge in [0, 0.05) is 5.39 Å². The van der Waals surface area contributed by atoms with Crippen molar-refractivity contribution >= 4 is 40.1 Å². The van der Waals surface area contributed by atoms with Gasteiger partial charge in [-0.05, 0) is 23.7 Å². The van der Waals surface area contributed by atoms with Gasteiger partial charge < -0.3 is 9.47 Å². The third-order valence-electron chi connectivity index (χ3n) is 2.35. The molecule has 1 aromatic carbocycles. The van der Waals surface area contributed by atoms with Crippen molar-refractivity contribution in [1.82, 2.24) is 9.97 Å². The van der Waals surface area contributed by atoms with Crippen LogP contribution < -0.4 is 4.74 Å². The van der Waals surface area contributed by atoms with Crippen molar-refractivity contribution in [2.45, 2.75) is 0 Å². The molecule has 0 aliphatic carbocycles. The minimum atomic E-state index is -0.528. The van der Waals surface area contributed by atoms with Crippen molar-refractivity contribution in [2.24, 2.45) is 0 Å². The maximum Gasteiger partial charge on any atom is 0.341 e. The van der Waals surface area contributed by atoms with Crippen molar-refractivity contribution in [3.05, 3.63) is 28.1 Å². The van der Waals surface area contributed by atoms with Crippen molar-refractivity contribution < 1.29 is 14.3 Å². The number of hydrogen-bond acceptors (Lipinski definition) is 5. The van der Waals surface area contributed by atoms with Gasteiger partial charge in [-0.15, -0.1) is 0 Å². The maximum absolute atomic E-state index is 11.6. The number of carbonyl (C=O) groups excluding carboxylic acids is 1. The molecule has 0 saturated heterocycles. The van der Waals surface area contributed by atoms with Gasteiger partial charge in [0.1, 0.15) is 16.5 Å². The van der Waals surface area contributed by atoms with E-state index in [2.05, 4.69) is 14.7 Å². The Hall–Kier alpha value is -1.59. The fourth-order valence-electron chi connectivity index (χ4n) is 1.53. The number of ether oxygens (including phenoxy) is 2. The molecule has 2 aromatic rings. The van der Waals surface area contributed by atoms with E-state index >= 15 is 0 Å². The number of methoxy groups -OCH3 is 2. The van der Waals surface area contributed by atoms with Gasteiger partial charge in [-0.2, -0.15) is 0 Å². The van der Waals surface area contributed by atoms with Crippen LogP contribution in [0.5, 0.6) is 5.75 Å². The van der Waals surface area contributed by atoms with E-state index in [1.807, 2.05) is 0 Å². The van der Waals surface area contributed by atoms with Crippen LogP contribution in [0.3, 0.4) is 0 Å². The summed E-state index contributed by atoms with van der Waals surface area (Å²) in [7, 11) is 2.73. The van der Waals surface area contributed by atoms with Crippen LogP contribution in [-0.4, -0.2) is 30.2 Å². The second kappa shape index (κ2) is 4.96. The first-order valence-electron chi connectivity index (χ1n) is 4.86. The van der Waals surface area contributed by atoms with E-state index in [0.717, 1.165) is 0 Å². The van der Waals surface area contributed by atoms with Gasteiger partial charge in [0.25, 0.3) is 0 Å². The standard InChI is InChI=1S/C11H8Cl2N2O3/c1-17-8-4-5-7(3-6(8)10(16)18-2)14-11(13)15-9(5)12/h3-4H,1-2H3. The molecule has 0 unspecified atom stereocenters. The molecule has 0 saturated carbocycles. The molecule has 7 heteroatoms. The first-order valence-corrected chi connectivity index (χ1v) is 5.61. The van der Waals surface area contributed by atoms with Crippen LogP contribution in [0.1, 0.15) is 10.4 Å². The van der Waals surface area contributed by atoms with Gasteiger partial charge in [-0.25, -0.2) is 14.8 Å². The Balaban J connectivity index is 2.77. The number of nitrogens with zero attached hydrogens (tertiary/aromatic N) is 2. The highest BCUT2D eigenvalue weighted by Gasteiger charge is 2.16. The molecular formula is C11H8Cl2N2O3. The topological polar surface area (TPSA) is 61.3 Å². The number of esters is 1. The molecule has 0 fully saturated rings. The van der Waals surface area contributed by atoms with Gasteiger partial charge in [0.15, 0.2) is 0 Å². The summed E-state index contributed by atoms with van der Waals surface area (Å²) in [5, 5.41) is 0.749. The Kier molecular flexibility index (Phi) is 3.54. The molecule has 0 amide bonds. The van der Waals surface area contributed by atoms with Crippen LogP contribution >= 0.6 is 23.2 Å². The molecular weight excluding hydrogens is 279 g/mol. The van der Waals surface area contributed by atoms with E-state index in [4.69, 9.17) is 27.9 Å². The summed E-state index contributed by atoms with van der Waals surface area (Å²) in [4.78, 5) is 19.4. The molecule has 0 aliphatic rings. The lowest BCUT2D eigenvalue weighted by Gasteiger charge is -2.09. The molecule has 18 heavy (non-hydrogen) atoms. The van der Waals surface area contributed by atoms with E-state index in [1.54, 1.807) is 6.07 Å². The Labute approximate surface area is 113 Å². The fraction of sp³-hybridized carbons (Fsp3) is 0.182. The molecule has 0 aliphatic heterocycles. The Morgan fingerprint density at radius 2 is 1.94 bits per heavy atom. The number of benzene rings is 1. The zero-order valence-corrected chi connectivity index (χ0v) is 11.0. The van der Waals surface area contributed by atoms with Crippen LogP contribution in [0.15, 0.2) is 12.1 Å². The number of halogens is 2. The van der Waals surface area contributed by atoms with E-state index in [0.29, 0.717) is 16.7 Å². The lowest BCUT2D eigenvalue weighted by Crippen LogP contribution is -2.04. The number of rotatable bonds is 2. The first-order chi connectivity index (χ1) is 8.56. The summed E-state index contributed by atoms with van der Waals surface area (Å²) in [6, 6.07) is 3.07. The Morgan fingerprint density at radius 3 is 2.56 bits per heavy atom. The van der Waals surface area contributed by atoms with E-state index in [1.165, 1.54) is 20.3 Å². The Morgan fingerprint density at radius 1 is 1.22 bits per heavy atom. The van der Waals surface area contributed by atoms with Gasteiger partial charge in [0.05, 0.1) is 19.7 Å². The molecule has 1 aromatic heterocycles. The zero-order valence-electron chi connectivity index (χ0n) is 9.53. The third-order valence-corrected chi connectivity index (χ3v) is 2.81. The summed E-state index contributed by atoms with van der Waals surface area (Å²) in [6.45, 7) is 0. The summed E-state index contributed by atoms with van der Waals surface area (Å²) >= 11 is 11.7. The van der Waals surface area contributed by atoms with Crippen molar-refractivity contribution in [3.63, 3.8) is 0 Å². The summed E-state index contributed by atoms with van der Waals surface area (Å²) in [5.41, 5.74) is 0.694. The molecule has 0 atom stereocenters. The molecule has 0 N–H and O–H groups in total. The largest absolute Gasteiger partial charge is 0.496 e. The second-order valence-electron chi connectivity index (χ2n) is 3.34. The fourth-order valence-corrected chi connectivity index (χ4v) is 1.98. The van der Waals surface area contributed by atoms with Crippen molar-refractivity contribution in [2.75, 3.05) is 14.2 Å². The summed E-state index contributed by atoms with van der Waals surface area (Å²) < 4.78 is 9.77. The average molecular weight is 287 g/mol. The maximum atomic E-state index is 11.6. The van der Waals surface area contributed by atoms with Gasteiger partial charge in [0.2, 0.25) is 5.28 Å². The summed E-state index contributed by atoms with van der Waals surface area (Å²) in [5.74, 6) is -0.193. The minimum Gasteiger partial charge on any atom is -0.496 e. The lowest BCUT2D eigenvalue weighted by molar-refractivity contribution is 0.0597. The quantitative estimate of drug-likeness (QED) is 0.483. The van der Waals surface area contributed by atoms with E-state index in [9.17, 15) is 4.79 Å². The minimum absolute atomic E-state index is 0.00785. The summed E-state index contributed by atoms with van der Waals surface area (Å²) in [6.07, 6.45) is 0. The van der Waals surface area contributed by atoms with Gasteiger partial charge in [-0.1, -0.05) is 11.6 Å². The molecule has 0 spiro atoms.